The molecule has 35 heavy (non-hydrogen) atoms. The fraction of sp³-hybridized carbons (Fsp3) is 0.292. The van der Waals surface area contributed by atoms with Crippen LogP contribution in [0, 0.1) is 11.6 Å². The van der Waals surface area contributed by atoms with E-state index in [1.807, 2.05) is 0 Å². The van der Waals surface area contributed by atoms with Gasteiger partial charge in [-0.3, -0.25) is 0 Å². The number of carbonyl (C=O) groups excluding carboxylic acids is 1. The van der Waals surface area contributed by atoms with Crippen LogP contribution >= 0.6 is 0 Å². The quantitative estimate of drug-likeness (QED) is 0.491. The van der Waals surface area contributed by atoms with Crippen molar-refractivity contribution < 1.29 is 27.3 Å². The summed E-state index contributed by atoms with van der Waals surface area (Å²) in [5, 5.41) is 3.00. The zero-order valence-electron chi connectivity index (χ0n) is 19.2. The number of hydrogen-bond acceptors (Lipinski definition) is 7. The number of rotatable bonds is 6. The Labute approximate surface area is 201 Å². The van der Waals surface area contributed by atoms with Gasteiger partial charge in [-0.2, -0.15) is 0 Å². The average molecular weight is 503 g/mol. The lowest BCUT2D eigenvalue weighted by molar-refractivity contribution is 0.164. The molecular formula is C24H24F2N4O4S. The molecule has 1 aliphatic rings. The van der Waals surface area contributed by atoms with E-state index in [0.717, 1.165) is 6.20 Å². The highest BCUT2D eigenvalue weighted by Crippen LogP contribution is 2.38. The average Bonchev–Trinajstić information content (AvgIpc) is 2.81. The summed E-state index contributed by atoms with van der Waals surface area (Å²) in [6.45, 7) is 2.20. The van der Waals surface area contributed by atoms with Gasteiger partial charge in [0.05, 0.1) is 34.9 Å². The summed E-state index contributed by atoms with van der Waals surface area (Å²) < 4.78 is 55.7. The normalized spacial score (nSPS) is 14.3. The number of amides is 1. The van der Waals surface area contributed by atoms with Crippen LogP contribution in [0.3, 0.4) is 0 Å². The Balaban J connectivity index is 1.60. The summed E-state index contributed by atoms with van der Waals surface area (Å²) in [7, 11) is -2.86. The lowest BCUT2D eigenvalue weighted by Gasteiger charge is -2.21. The first kappa shape index (κ1) is 24.5. The van der Waals surface area contributed by atoms with Crippen molar-refractivity contribution in [3.63, 3.8) is 0 Å². The van der Waals surface area contributed by atoms with Crippen molar-refractivity contribution in [2.45, 2.75) is 25.5 Å². The molecule has 1 aromatic heterocycles. The molecule has 184 valence electrons. The van der Waals surface area contributed by atoms with Crippen molar-refractivity contribution in [2.75, 3.05) is 24.8 Å². The third-order valence-electron chi connectivity index (χ3n) is 5.17. The van der Waals surface area contributed by atoms with Crippen molar-refractivity contribution in [1.29, 1.82) is 0 Å². The van der Waals surface area contributed by atoms with Crippen molar-refractivity contribution >= 4 is 27.5 Å². The summed E-state index contributed by atoms with van der Waals surface area (Å²) in [6.07, 6.45) is 2.73. The Kier molecular flexibility index (Phi) is 7.25. The number of nitrogens with zero attached hydrogens (tertiary/aromatic N) is 3. The molecule has 0 aliphatic carbocycles. The monoisotopic (exact) mass is 502 g/mol. The summed E-state index contributed by atoms with van der Waals surface area (Å²) in [6, 6.07) is 9.64. The molecule has 0 saturated heterocycles. The van der Waals surface area contributed by atoms with Crippen LogP contribution in [0.4, 0.5) is 25.2 Å². The van der Waals surface area contributed by atoms with Gasteiger partial charge in [-0.25, -0.2) is 27.8 Å². The second kappa shape index (κ2) is 10.3. The Morgan fingerprint density at radius 2 is 2.09 bits per heavy atom. The minimum absolute atomic E-state index is 0.0124. The van der Waals surface area contributed by atoms with Crippen molar-refractivity contribution in [2.24, 2.45) is 4.36 Å². The molecule has 1 atom stereocenters. The second-order valence-corrected chi connectivity index (χ2v) is 10.4. The molecule has 4 rings (SSSR count). The number of nitrogens with one attached hydrogen (secondary N) is 1. The first-order chi connectivity index (χ1) is 16.8. The zero-order valence-corrected chi connectivity index (χ0v) is 20.0. The van der Waals surface area contributed by atoms with Crippen LogP contribution in [0.15, 0.2) is 47.0 Å². The van der Waals surface area contributed by atoms with Gasteiger partial charge in [0.2, 0.25) is 5.95 Å². The molecule has 0 spiro atoms. The van der Waals surface area contributed by atoms with Crippen LogP contribution in [-0.2, 0) is 26.6 Å². The third-order valence-corrected chi connectivity index (χ3v) is 6.58. The van der Waals surface area contributed by atoms with Gasteiger partial charge in [0.15, 0.2) is 5.82 Å². The number of benzene rings is 2. The topological polar surface area (TPSA) is 103 Å². The van der Waals surface area contributed by atoms with Crippen molar-refractivity contribution in [3.05, 3.63) is 65.4 Å². The van der Waals surface area contributed by atoms with Crippen LogP contribution in [0.2, 0.25) is 0 Å². The standard InChI is InChI=1S/C24H24F2N4O4S/c1-3-33-24(31)30-35(2,32)14-15-6-4-7-16(12-15)28-23-27-13-20(26)21(29-23)18-9-10-19(25)17-8-5-11-34-22(17)18/h4,6-7,9-10,12-13H,3,5,8,11,14H2,1-2H3,(H,27,28,29). The number of halogens is 2. The molecule has 0 radical (unpaired) electrons. The third kappa shape index (κ3) is 5.91. The van der Waals surface area contributed by atoms with E-state index in [2.05, 4.69) is 19.6 Å². The van der Waals surface area contributed by atoms with Gasteiger partial charge >= 0.3 is 6.09 Å². The van der Waals surface area contributed by atoms with Crippen LogP contribution in [0.5, 0.6) is 5.75 Å². The molecule has 1 unspecified atom stereocenters. The minimum Gasteiger partial charge on any atom is -0.492 e. The van der Waals surface area contributed by atoms with Crippen LogP contribution < -0.4 is 10.1 Å². The largest absolute Gasteiger partial charge is 0.492 e. The Hall–Kier alpha value is -3.60. The smallest absolute Gasteiger partial charge is 0.441 e. The van der Waals surface area contributed by atoms with Crippen LogP contribution in [0.25, 0.3) is 11.3 Å². The Morgan fingerprint density at radius 1 is 1.26 bits per heavy atom. The molecule has 3 aromatic rings. The SMILES string of the molecule is CCOC(=O)N=S(C)(=O)Cc1cccc(Nc2ncc(F)c(-c3ccc(F)c4c3OCCC4)n2)c1. The lowest BCUT2D eigenvalue weighted by Crippen LogP contribution is -2.12. The summed E-state index contributed by atoms with van der Waals surface area (Å²) in [5.41, 5.74) is 1.96. The molecular weight excluding hydrogens is 478 g/mol. The maximum absolute atomic E-state index is 14.7. The zero-order chi connectivity index (χ0) is 25.0. The lowest BCUT2D eigenvalue weighted by atomic mass is 9.99. The van der Waals surface area contributed by atoms with E-state index in [-0.39, 0.29) is 24.0 Å². The minimum atomic E-state index is -2.86. The van der Waals surface area contributed by atoms with E-state index in [9.17, 15) is 17.8 Å². The highest BCUT2D eigenvalue weighted by molar-refractivity contribution is 7.92. The van der Waals surface area contributed by atoms with E-state index in [1.165, 1.54) is 18.4 Å². The van der Waals surface area contributed by atoms with E-state index in [0.29, 0.717) is 47.6 Å². The van der Waals surface area contributed by atoms with Gasteiger partial charge < -0.3 is 14.8 Å². The number of carbonyl (C=O) groups is 1. The first-order valence-electron chi connectivity index (χ1n) is 11.0. The van der Waals surface area contributed by atoms with E-state index >= 15 is 0 Å². The molecule has 11 heteroatoms. The molecule has 2 aromatic carbocycles. The number of ether oxygens (including phenoxy) is 2. The summed E-state index contributed by atoms with van der Waals surface area (Å²) in [4.78, 5) is 19.9. The number of fused-ring (bicyclic) bond motifs is 1. The Bertz CT molecular complexity index is 1390. The first-order valence-corrected chi connectivity index (χ1v) is 13.0. The fourth-order valence-corrected chi connectivity index (χ4v) is 4.98. The van der Waals surface area contributed by atoms with Gasteiger partial charge in [-0.15, -0.1) is 4.36 Å². The van der Waals surface area contributed by atoms with Crippen LogP contribution in [0.1, 0.15) is 24.5 Å². The van der Waals surface area contributed by atoms with E-state index in [1.54, 1.807) is 31.2 Å². The maximum Gasteiger partial charge on any atom is 0.441 e. The fourth-order valence-electron chi connectivity index (χ4n) is 3.74. The van der Waals surface area contributed by atoms with Gasteiger partial charge in [-0.1, -0.05) is 12.1 Å². The predicted octanol–water partition coefficient (Wildman–Crippen LogP) is 5.24. The van der Waals surface area contributed by atoms with Crippen molar-refractivity contribution in [1.82, 2.24) is 9.97 Å². The predicted molar refractivity (Wildman–Crippen MR) is 128 cm³/mol. The second-order valence-electron chi connectivity index (χ2n) is 7.96. The highest BCUT2D eigenvalue weighted by atomic mass is 32.2. The van der Waals surface area contributed by atoms with E-state index < -0.39 is 27.5 Å². The maximum atomic E-state index is 14.7. The number of aromatic nitrogens is 2. The van der Waals surface area contributed by atoms with Crippen LogP contribution in [-0.4, -0.2) is 39.7 Å². The molecule has 0 bridgehead atoms. The van der Waals surface area contributed by atoms with Gasteiger partial charge in [0.25, 0.3) is 0 Å². The number of hydrogen-bond donors (Lipinski definition) is 1. The van der Waals surface area contributed by atoms with Gasteiger partial charge in [0.1, 0.15) is 17.3 Å². The molecule has 2 heterocycles. The molecule has 1 N–H and O–H groups in total. The number of anilines is 2. The van der Waals surface area contributed by atoms with E-state index in [4.69, 9.17) is 9.47 Å². The highest BCUT2D eigenvalue weighted by Gasteiger charge is 2.23. The molecule has 1 aliphatic heterocycles. The Morgan fingerprint density at radius 3 is 2.89 bits per heavy atom. The van der Waals surface area contributed by atoms with Crippen molar-refractivity contribution in [3.8, 4) is 17.0 Å². The van der Waals surface area contributed by atoms with Gasteiger partial charge in [-0.05, 0) is 49.6 Å². The molecule has 0 saturated carbocycles. The summed E-state index contributed by atoms with van der Waals surface area (Å²) >= 11 is 0. The van der Waals surface area contributed by atoms with Gasteiger partial charge in [0, 0.05) is 23.1 Å². The molecule has 0 fully saturated rings. The molecule has 8 nitrogen and oxygen atoms in total. The molecule has 1 amide bonds. The summed E-state index contributed by atoms with van der Waals surface area (Å²) in [5.74, 6) is -0.629.